The van der Waals surface area contributed by atoms with Crippen molar-refractivity contribution in [2.75, 3.05) is 18.4 Å². The Bertz CT molecular complexity index is 829. The topological polar surface area (TPSA) is 95.6 Å². The third kappa shape index (κ3) is 4.68. The Morgan fingerprint density at radius 2 is 1.93 bits per heavy atom. The van der Waals surface area contributed by atoms with E-state index in [0.29, 0.717) is 30.8 Å². The zero-order valence-corrected chi connectivity index (χ0v) is 16.6. The van der Waals surface area contributed by atoms with Crippen LogP contribution in [0.15, 0.2) is 23.1 Å². The van der Waals surface area contributed by atoms with Crippen molar-refractivity contribution >= 4 is 27.5 Å². The van der Waals surface area contributed by atoms with Crippen molar-refractivity contribution in [3.05, 3.63) is 23.8 Å². The predicted octanol–water partition coefficient (Wildman–Crippen LogP) is 1.89. The number of anilines is 1. The first-order valence-corrected chi connectivity index (χ1v) is 11.0. The number of nitrogens with zero attached hydrogens (tertiary/aromatic N) is 1. The average Bonchev–Trinajstić information content (AvgIpc) is 3.00. The summed E-state index contributed by atoms with van der Waals surface area (Å²) in [7, 11) is -3.86. The Labute approximate surface area is 160 Å². The van der Waals surface area contributed by atoms with E-state index in [9.17, 15) is 18.0 Å². The van der Waals surface area contributed by atoms with E-state index in [2.05, 4.69) is 10.0 Å². The lowest BCUT2D eigenvalue weighted by molar-refractivity contribution is -0.134. The summed E-state index contributed by atoms with van der Waals surface area (Å²) in [5.41, 5.74) is 1.30. The highest BCUT2D eigenvalue weighted by molar-refractivity contribution is 7.89. The monoisotopic (exact) mass is 393 g/mol. The molecule has 0 aliphatic carbocycles. The van der Waals surface area contributed by atoms with Crippen LogP contribution < -0.4 is 10.0 Å². The maximum absolute atomic E-state index is 12.9. The molecule has 0 spiro atoms. The zero-order valence-electron chi connectivity index (χ0n) is 15.8. The molecule has 0 radical (unpaired) electrons. The molecule has 1 atom stereocenters. The van der Waals surface area contributed by atoms with Crippen LogP contribution in [0.5, 0.6) is 0 Å². The van der Waals surface area contributed by atoms with Crippen LogP contribution in [0.3, 0.4) is 0 Å². The Kier molecular flexibility index (Phi) is 5.86. The molecule has 148 valence electrons. The predicted molar refractivity (Wildman–Crippen MR) is 103 cm³/mol. The maximum Gasteiger partial charge on any atom is 0.241 e. The number of carbonyl (C=O) groups excluding carboxylic acids is 2. The number of hydrogen-bond donors (Lipinski definition) is 2. The zero-order chi connectivity index (χ0) is 19.6. The van der Waals surface area contributed by atoms with E-state index in [0.717, 1.165) is 19.3 Å². The van der Waals surface area contributed by atoms with Gasteiger partial charge in [0.2, 0.25) is 21.8 Å². The molecule has 0 saturated carbocycles. The molecule has 0 aromatic heterocycles. The molecule has 0 unspecified atom stereocenters. The van der Waals surface area contributed by atoms with E-state index in [1.165, 1.54) is 12.1 Å². The molecule has 1 aromatic carbocycles. The van der Waals surface area contributed by atoms with Crippen molar-refractivity contribution in [2.45, 2.75) is 56.9 Å². The Morgan fingerprint density at radius 1 is 1.22 bits per heavy atom. The van der Waals surface area contributed by atoms with Crippen molar-refractivity contribution in [3.8, 4) is 0 Å². The Balaban J connectivity index is 1.80. The van der Waals surface area contributed by atoms with Gasteiger partial charge in [-0.3, -0.25) is 9.59 Å². The molecule has 2 amide bonds. The van der Waals surface area contributed by atoms with Crippen LogP contribution in [0, 0.1) is 5.92 Å². The molecular formula is C19H27N3O4S. The minimum absolute atomic E-state index is 0.0814. The van der Waals surface area contributed by atoms with E-state index < -0.39 is 16.1 Å². The first kappa shape index (κ1) is 19.8. The number of rotatable bonds is 6. The second kappa shape index (κ2) is 7.98. The SMILES string of the molecule is CC(C)C[C@H](NS(=O)(=O)c1ccc2c(c1)CC(=O)N2)C(=O)N1CCCCC1. The minimum atomic E-state index is -3.86. The van der Waals surface area contributed by atoms with Crippen LogP contribution in [0.25, 0.3) is 0 Å². The first-order valence-electron chi connectivity index (χ1n) is 9.50. The molecule has 3 rings (SSSR count). The van der Waals surface area contributed by atoms with Gasteiger partial charge in [0.1, 0.15) is 6.04 Å². The summed E-state index contributed by atoms with van der Waals surface area (Å²) in [6.45, 7) is 5.30. The third-order valence-electron chi connectivity index (χ3n) is 4.98. The fraction of sp³-hybridized carbons (Fsp3) is 0.579. The average molecular weight is 394 g/mol. The molecular weight excluding hydrogens is 366 g/mol. The number of piperidine rings is 1. The quantitative estimate of drug-likeness (QED) is 0.771. The van der Waals surface area contributed by atoms with Crippen LogP contribution >= 0.6 is 0 Å². The lowest BCUT2D eigenvalue weighted by Crippen LogP contribution is -2.50. The molecule has 2 aliphatic heterocycles. The highest BCUT2D eigenvalue weighted by Gasteiger charge is 2.31. The molecule has 7 nitrogen and oxygen atoms in total. The van der Waals surface area contributed by atoms with E-state index in [1.54, 1.807) is 11.0 Å². The molecule has 27 heavy (non-hydrogen) atoms. The summed E-state index contributed by atoms with van der Waals surface area (Å²) in [6, 6.07) is 3.79. The summed E-state index contributed by atoms with van der Waals surface area (Å²) < 4.78 is 28.4. The second-order valence-corrected chi connectivity index (χ2v) is 9.45. The highest BCUT2D eigenvalue weighted by Crippen LogP contribution is 2.26. The van der Waals surface area contributed by atoms with Crippen molar-refractivity contribution < 1.29 is 18.0 Å². The molecule has 1 aromatic rings. The Hall–Kier alpha value is -1.93. The van der Waals surface area contributed by atoms with E-state index in [-0.39, 0.29) is 29.0 Å². The third-order valence-corrected chi connectivity index (χ3v) is 6.45. The van der Waals surface area contributed by atoms with E-state index in [1.807, 2.05) is 13.8 Å². The molecule has 1 fully saturated rings. The van der Waals surface area contributed by atoms with Gasteiger partial charge in [-0.15, -0.1) is 0 Å². The van der Waals surface area contributed by atoms with Gasteiger partial charge in [-0.1, -0.05) is 13.8 Å². The molecule has 2 N–H and O–H groups in total. The normalized spacial score (nSPS) is 18.3. The van der Waals surface area contributed by atoms with Crippen molar-refractivity contribution in [1.29, 1.82) is 0 Å². The molecule has 2 aliphatic rings. The molecule has 2 heterocycles. The summed E-state index contributed by atoms with van der Waals surface area (Å²) in [5.74, 6) is -0.122. The van der Waals surface area contributed by atoms with Crippen LogP contribution in [0.1, 0.15) is 45.1 Å². The van der Waals surface area contributed by atoms with Crippen LogP contribution in [-0.2, 0) is 26.0 Å². The van der Waals surface area contributed by atoms with Crippen LogP contribution in [0.4, 0.5) is 5.69 Å². The fourth-order valence-corrected chi connectivity index (χ4v) is 4.89. The van der Waals surface area contributed by atoms with Gasteiger partial charge in [-0.25, -0.2) is 8.42 Å². The summed E-state index contributed by atoms with van der Waals surface area (Å²) in [5, 5.41) is 2.69. The number of nitrogens with one attached hydrogen (secondary N) is 2. The van der Waals surface area contributed by atoms with Gasteiger partial charge in [-0.05, 0) is 55.4 Å². The van der Waals surface area contributed by atoms with Crippen LogP contribution in [0.2, 0.25) is 0 Å². The lowest BCUT2D eigenvalue weighted by atomic mass is 10.0. The van der Waals surface area contributed by atoms with Gasteiger partial charge in [0.25, 0.3) is 0 Å². The smallest absolute Gasteiger partial charge is 0.241 e. The van der Waals surface area contributed by atoms with Gasteiger partial charge in [0, 0.05) is 18.8 Å². The van der Waals surface area contributed by atoms with E-state index >= 15 is 0 Å². The van der Waals surface area contributed by atoms with Crippen molar-refractivity contribution in [2.24, 2.45) is 5.92 Å². The first-order chi connectivity index (χ1) is 12.8. The standard InChI is InChI=1S/C19H27N3O4S/c1-13(2)10-17(19(24)22-8-4-3-5-9-22)21-27(25,26)15-6-7-16-14(11-15)12-18(23)20-16/h6-7,11,13,17,21H,3-5,8-10,12H2,1-2H3,(H,20,23)/t17-/m0/s1. The van der Waals surface area contributed by atoms with Crippen molar-refractivity contribution in [3.63, 3.8) is 0 Å². The summed E-state index contributed by atoms with van der Waals surface area (Å²) in [6.07, 6.45) is 3.63. The van der Waals surface area contributed by atoms with Gasteiger partial charge in [-0.2, -0.15) is 4.72 Å². The number of carbonyl (C=O) groups is 2. The molecule has 1 saturated heterocycles. The molecule has 8 heteroatoms. The van der Waals surface area contributed by atoms with Crippen molar-refractivity contribution in [1.82, 2.24) is 9.62 Å². The maximum atomic E-state index is 12.9. The van der Waals surface area contributed by atoms with Gasteiger partial charge < -0.3 is 10.2 Å². The Morgan fingerprint density at radius 3 is 2.59 bits per heavy atom. The van der Waals surface area contributed by atoms with Gasteiger partial charge in [0.15, 0.2) is 0 Å². The number of benzene rings is 1. The summed E-state index contributed by atoms with van der Waals surface area (Å²) >= 11 is 0. The summed E-state index contributed by atoms with van der Waals surface area (Å²) in [4.78, 5) is 26.3. The number of fused-ring (bicyclic) bond motifs is 1. The highest BCUT2D eigenvalue weighted by atomic mass is 32.2. The second-order valence-electron chi connectivity index (χ2n) is 7.73. The lowest BCUT2D eigenvalue weighted by Gasteiger charge is -2.31. The van der Waals surface area contributed by atoms with Gasteiger partial charge in [0.05, 0.1) is 11.3 Å². The fourth-order valence-electron chi connectivity index (χ4n) is 3.63. The largest absolute Gasteiger partial charge is 0.341 e. The number of sulfonamides is 1. The van der Waals surface area contributed by atoms with E-state index in [4.69, 9.17) is 0 Å². The minimum Gasteiger partial charge on any atom is -0.341 e. The van der Waals surface area contributed by atoms with Crippen LogP contribution in [-0.4, -0.2) is 44.3 Å². The number of likely N-dealkylation sites (tertiary alicyclic amines) is 1. The van der Waals surface area contributed by atoms with Gasteiger partial charge >= 0.3 is 0 Å². The molecule has 0 bridgehead atoms. The number of hydrogen-bond acceptors (Lipinski definition) is 4. The number of amides is 2.